The molecule has 42 heavy (non-hydrogen) atoms. The molecule has 2 amide bonds. The Hall–Kier alpha value is -3.95. The third-order valence-electron chi connectivity index (χ3n) is 7.92. The fourth-order valence-corrected chi connectivity index (χ4v) is 6.35. The SMILES string of the molecule is CCN1C(=O)C(C)(C)C(=O)N(C)c2cc(OCCCNCc3ccsc3CCn3ccc4ccccc4c3=O)ccc21. The molecule has 1 N–H and O–H groups in total. The van der Waals surface area contributed by atoms with Crippen LogP contribution in [0.25, 0.3) is 10.8 Å². The number of hydrogen-bond donors (Lipinski definition) is 1. The summed E-state index contributed by atoms with van der Waals surface area (Å²) in [6, 6.07) is 17.4. The van der Waals surface area contributed by atoms with E-state index in [1.54, 1.807) is 46.6 Å². The largest absolute Gasteiger partial charge is 0.493 e. The number of hydrogen-bond acceptors (Lipinski definition) is 6. The number of rotatable bonds is 11. The highest BCUT2D eigenvalue weighted by Gasteiger charge is 2.45. The van der Waals surface area contributed by atoms with Gasteiger partial charge >= 0.3 is 0 Å². The minimum absolute atomic E-state index is 0.0528. The molecule has 2 aromatic heterocycles. The highest BCUT2D eigenvalue weighted by molar-refractivity contribution is 7.10. The molecule has 4 aromatic rings. The topological polar surface area (TPSA) is 83.9 Å². The van der Waals surface area contributed by atoms with E-state index in [-0.39, 0.29) is 17.4 Å². The molecule has 0 unspecified atom stereocenters. The molecule has 0 bridgehead atoms. The molecule has 9 heteroatoms. The summed E-state index contributed by atoms with van der Waals surface area (Å²) < 4.78 is 7.82. The number of aryl methyl sites for hydroxylation is 2. The van der Waals surface area contributed by atoms with Crippen molar-refractivity contribution in [2.75, 3.05) is 36.5 Å². The second-order valence-electron chi connectivity index (χ2n) is 11.1. The van der Waals surface area contributed by atoms with Crippen LogP contribution in [0.3, 0.4) is 0 Å². The molecule has 1 aliphatic rings. The monoisotopic (exact) mass is 586 g/mol. The first-order valence-corrected chi connectivity index (χ1v) is 15.3. The van der Waals surface area contributed by atoms with E-state index in [1.807, 2.05) is 61.7 Å². The number of anilines is 2. The molecule has 5 rings (SSSR count). The smallest absolute Gasteiger partial charge is 0.258 e. The molecule has 0 saturated carbocycles. The van der Waals surface area contributed by atoms with Gasteiger partial charge in [0.25, 0.3) is 5.56 Å². The van der Waals surface area contributed by atoms with Crippen LogP contribution in [0.2, 0.25) is 0 Å². The number of aromatic nitrogens is 1. The summed E-state index contributed by atoms with van der Waals surface area (Å²) in [5.74, 6) is 0.237. The standard InChI is InChI=1S/C33H38N4O4S/c1-5-37-27-12-11-25(21-28(27)35(4)31(39)33(2,3)32(37)40)41-19-8-16-34-22-24-15-20-42-29(24)14-18-36-17-13-23-9-6-7-10-26(23)30(36)38/h6-7,9-13,15,17,20-21,34H,5,8,14,16,18-19,22H2,1-4H3. The molecule has 220 valence electrons. The Morgan fingerprint density at radius 2 is 1.79 bits per heavy atom. The molecular formula is C33H38N4O4S. The third kappa shape index (κ3) is 5.84. The van der Waals surface area contributed by atoms with Gasteiger partial charge in [0.2, 0.25) is 11.8 Å². The second kappa shape index (κ2) is 12.5. The Balaban J connectivity index is 1.11. The first-order valence-electron chi connectivity index (χ1n) is 14.4. The highest BCUT2D eigenvalue weighted by atomic mass is 32.1. The van der Waals surface area contributed by atoms with Crippen molar-refractivity contribution in [3.8, 4) is 5.75 Å². The molecular weight excluding hydrogens is 548 g/mol. The molecule has 0 atom stereocenters. The van der Waals surface area contributed by atoms with Gasteiger partial charge in [-0.3, -0.25) is 14.4 Å². The van der Waals surface area contributed by atoms with Crippen LogP contribution in [-0.2, 0) is 29.1 Å². The van der Waals surface area contributed by atoms with Crippen molar-refractivity contribution in [1.29, 1.82) is 0 Å². The van der Waals surface area contributed by atoms with E-state index in [0.717, 1.165) is 42.4 Å². The Bertz CT molecular complexity index is 1660. The fourth-order valence-electron chi connectivity index (χ4n) is 5.45. The molecule has 0 fully saturated rings. The van der Waals surface area contributed by atoms with Gasteiger partial charge in [-0.05, 0) is 80.4 Å². The number of nitrogens with zero attached hydrogens (tertiary/aromatic N) is 3. The lowest BCUT2D eigenvalue weighted by Crippen LogP contribution is -2.47. The van der Waals surface area contributed by atoms with Crippen molar-refractivity contribution < 1.29 is 14.3 Å². The van der Waals surface area contributed by atoms with Crippen molar-refractivity contribution >= 4 is 45.3 Å². The van der Waals surface area contributed by atoms with Crippen LogP contribution in [0, 0.1) is 5.41 Å². The van der Waals surface area contributed by atoms with Gasteiger partial charge in [0, 0.05) is 55.6 Å². The number of benzene rings is 2. The number of fused-ring (bicyclic) bond motifs is 2. The van der Waals surface area contributed by atoms with Crippen molar-refractivity contribution in [3.05, 3.63) is 87.0 Å². The fraction of sp³-hybridized carbons (Fsp3) is 0.364. The van der Waals surface area contributed by atoms with Gasteiger partial charge < -0.3 is 24.4 Å². The predicted octanol–water partition coefficient (Wildman–Crippen LogP) is 5.22. The number of carbonyl (C=O) groups is 2. The zero-order chi connectivity index (χ0) is 29.9. The average Bonchev–Trinajstić information content (AvgIpc) is 3.44. The van der Waals surface area contributed by atoms with Crippen molar-refractivity contribution in [2.45, 2.75) is 46.7 Å². The van der Waals surface area contributed by atoms with Crippen LogP contribution >= 0.6 is 11.3 Å². The lowest BCUT2D eigenvalue weighted by Gasteiger charge is -2.27. The maximum absolute atomic E-state index is 13.1. The van der Waals surface area contributed by atoms with Crippen molar-refractivity contribution in [2.24, 2.45) is 5.41 Å². The normalized spacial score (nSPS) is 14.8. The molecule has 3 heterocycles. The van der Waals surface area contributed by atoms with E-state index >= 15 is 0 Å². The number of amides is 2. The van der Waals surface area contributed by atoms with Gasteiger partial charge in [-0.1, -0.05) is 18.2 Å². The summed E-state index contributed by atoms with van der Waals surface area (Å²) in [5.41, 5.74) is 1.57. The van der Waals surface area contributed by atoms with Gasteiger partial charge in [-0.2, -0.15) is 0 Å². The van der Waals surface area contributed by atoms with E-state index < -0.39 is 5.41 Å². The molecule has 8 nitrogen and oxygen atoms in total. The molecule has 0 saturated heterocycles. The van der Waals surface area contributed by atoms with E-state index in [0.29, 0.717) is 31.1 Å². The molecule has 0 radical (unpaired) electrons. The maximum atomic E-state index is 13.1. The summed E-state index contributed by atoms with van der Waals surface area (Å²) in [7, 11) is 1.71. The predicted molar refractivity (Wildman–Crippen MR) is 170 cm³/mol. The number of carbonyl (C=O) groups excluding carboxylic acids is 2. The van der Waals surface area contributed by atoms with Crippen LogP contribution in [0.5, 0.6) is 5.75 Å². The first-order chi connectivity index (χ1) is 20.2. The van der Waals surface area contributed by atoms with Gasteiger partial charge in [-0.15, -0.1) is 11.3 Å². The number of ether oxygens (including phenoxy) is 1. The zero-order valence-corrected chi connectivity index (χ0v) is 25.5. The Labute approximate surface area is 250 Å². The summed E-state index contributed by atoms with van der Waals surface area (Å²) in [6.45, 7) is 8.47. The quantitative estimate of drug-likeness (QED) is 0.193. The van der Waals surface area contributed by atoms with Crippen LogP contribution in [0.1, 0.15) is 37.6 Å². The molecule has 0 spiro atoms. The maximum Gasteiger partial charge on any atom is 0.258 e. The van der Waals surface area contributed by atoms with Crippen LogP contribution in [0.15, 0.2) is 71.0 Å². The van der Waals surface area contributed by atoms with E-state index in [2.05, 4.69) is 16.8 Å². The molecule has 1 aliphatic heterocycles. The van der Waals surface area contributed by atoms with Gasteiger partial charge in [0.15, 0.2) is 0 Å². The summed E-state index contributed by atoms with van der Waals surface area (Å²) in [4.78, 5) is 43.5. The lowest BCUT2D eigenvalue weighted by molar-refractivity contribution is -0.137. The Kier molecular flexibility index (Phi) is 8.80. The van der Waals surface area contributed by atoms with Crippen molar-refractivity contribution in [1.82, 2.24) is 9.88 Å². The van der Waals surface area contributed by atoms with Crippen LogP contribution < -0.4 is 25.4 Å². The van der Waals surface area contributed by atoms with Crippen molar-refractivity contribution in [3.63, 3.8) is 0 Å². The summed E-state index contributed by atoms with van der Waals surface area (Å²) in [5, 5.41) is 7.33. The third-order valence-corrected chi connectivity index (χ3v) is 8.94. The Morgan fingerprint density at radius 3 is 2.60 bits per heavy atom. The second-order valence-corrected chi connectivity index (χ2v) is 12.1. The van der Waals surface area contributed by atoms with Gasteiger partial charge in [0.1, 0.15) is 11.2 Å². The van der Waals surface area contributed by atoms with Crippen LogP contribution in [-0.4, -0.2) is 43.1 Å². The minimum atomic E-state index is -1.13. The highest BCUT2D eigenvalue weighted by Crippen LogP contribution is 2.40. The summed E-state index contributed by atoms with van der Waals surface area (Å²) >= 11 is 1.73. The summed E-state index contributed by atoms with van der Waals surface area (Å²) in [6.07, 6.45) is 3.50. The van der Waals surface area contributed by atoms with E-state index in [4.69, 9.17) is 4.74 Å². The number of thiophene rings is 1. The first kappa shape index (κ1) is 29.5. The average molecular weight is 587 g/mol. The minimum Gasteiger partial charge on any atom is -0.493 e. The van der Waals surface area contributed by atoms with E-state index in [9.17, 15) is 14.4 Å². The van der Waals surface area contributed by atoms with Crippen LogP contribution in [0.4, 0.5) is 11.4 Å². The lowest BCUT2D eigenvalue weighted by atomic mass is 9.90. The van der Waals surface area contributed by atoms with Gasteiger partial charge in [0.05, 0.1) is 18.0 Å². The van der Waals surface area contributed by atoms with E-state index in [1.165, 1.54) is 10.4 Å². The Morgan fingerprint density at radius 1 is 0.976 bits per heavy atom. The zero-order valence-electron chi connectivity index (χ0n) is 24.7. The molecule has 0 aliphatic carbocycles. The number of nitrogens with one attached hydrogen (secondary N) is 1. The van der Waals surface area contributed by atoms with Gasteiger partial charge in [-0.25, -0.2) is 0 Å². The molecule has 2 aromatic carbocycles. The number of pyridine rings is 1.